The van der Waals surface area contributed by atoms with Crippen molar-refractivity contribution in [2.45, 2.75) is 37.8 Å². The highest BCUT2D eigenvalue weighted by molar-refractivity contribution is 7.20. The van der Waals surface area contributed by atoms with Crippen LogP contribution in [0.25, 0.3) is 10.2 Å². The van der Waals surface area contributed by atoms with Crippen molar-refractivity contribution < 1.29 is 19.1 Å². The van der Waals surface area contributed by atoms with Gasteiger partial charge in [0.15, 0.2) is 0 Å². The van der Waals surface area contributed by atoms with Crippen molar-refractivity contribution in [3.05, 3.63) is 97.0 Å². The van der Waals surface area contributed by atoms with Crippen molar-refractivity contribution >= 4 is 33.4 Å². The number of nitrogens with one attached hydrogen (secondary N) is 2. The van der Waals surface area contributed by atoms with Crippen LogP contribution in [-0.4, -0.2) is 35.6 Å². The molecule has 1 aliphatic rings. The average Bonchev–Trinajstić information content (AvgIpc) is 3.64. The summed E-state index contributed by atoms with van der Waals surface area (Å²) in [5, 5.41) is 3.11. The maximum Gasteiger partial charge on any atom is 0.330 e. The Morgan fingerprint density at radius 1 is 1.11 bits per heavy atom. The summed E-state index contributed by atoms with van der Waals surface area (Å²) in [7, 11) is 2.96. The lowest BCUT2D eigenvalue weighted by atomic mass is 9.94. The minimum atomic E-state index is -0.593. The van der Waals surface area contributed by atoms with Crippen molar-refractivity contribution in [1.29, 1.82) is 0 Å². The number of hydrogen-bond acceptors (Lipinski definition) is 7. The van der Waals surface area contributed by atoms with Gasteiger partial charge in [0.1, 0.15) is 10.6 Å². The molecule has 9 nitrogen and oxygen atoms in total. The van der Waals surface area contributed by atoms with E-state index in [1.165, 1.54) is 13.2 Å². The van der Waals surface area contributed by atoms with Gasteiger partial charge < -0.3 is 14.8 Å². The Morgan fingerprint density at radius 3 is 2.50 bits per heavy atom. The van der Waals surface area contributed by atoms with E-state index in [4.69, 9.17) is 9.47 Å². The number of thiophene rings is 1. The van der Waals surface area contributed by atoms with Crippen molar-refractivity contribution in [2.75, 3.05) is 14.2 Å². The second kappa shape index (κ2) is 9.94. The van der Waals surface area contributed by atoms with E-state index in [0.717, 1.165) is 45.4 Å². The van der Waals surface area contributed by atoms with E-state index >= 15 is 0 Å². The maximum absolute atomic E-state index is 13.4. The van der Waals surface area contributed by atoms with Gasteiger partial charge in [0.2, 0.25) is 0 Å². The lowest BCUT2D eigenvalue weighted by molar-refractivity contribution is -0.143. The van der Waals surface area contributed by atoms with E-state index in [0.29, 0.717) is 15.5 Å². The summed E-state index contributed by atoms with van der Waals surface area (Å²) in [6, 6.07) is 15.7. The molecular formula is C28H27N3O6S. The maximum atomic E-state index is 13.4. The Balaban J connectivity index is 1.38. The molecule has 2 heterocycles. The fraction of sp³-hybridized carbons (Fsp3) is 0.286. The van der Waals surface area contributed by atoms with Crippen molar-refractivity contribution in [3.63, 3.8) is 0 Å². The number of esters is 1. The molecule has 2 aromatic heterocycles. The van der Waals surface area contributed by atoms with E-state index in [1.54, 1.807) is 14.0 Å². The molecule has 5 rings (SSSR count). The number of fused-ring (bicyclic) bond motifs is 1. The number of H-pyrrole nitrogens is 1. The predicted molar refractivity (Wildman–Crippen MR) is 144 cm³/mol. The molecule has 4 aromatic rings. The van der Waals surface area contributed by atoms with Gasteiger partial charge in [-0.2, -0.15) is 0 Å². The minimum absolute atomic E-state index is 0.253. The van der Waals surface area contributed by atoms with Crippen LogP contribution in [0.4, 0.5) is 0 Å². The summed E-state index contributed by atoms with van der Waals surface area (Å²) in [5.74, 6) is 0.0947. The number of carbonyl (C=O) groups excluding carboxylic acids is 2. The number of benzene rings is 2. The van der Waals surface area contributed by atoms with Crippen LogP contribution in [0, 0.1) is 0 Å². The van der Waals surface area contributed by atoms with Crippen molar-refractivity contribution in [2.24, 2.45) is 0 Å². The highest BCUT2D eigenvalue weighted by Gasteiger charge is 2.52. The molecular weight excluding hydrogens is 506 g/mol. The molecule has 1 atom stereocenters. The second-order valence-electron chi connectivity index (χ2n) is 9.36. The van der Waals surface area contributed by atoms with Crippen LogP contribution < -0.4 is 21.3 Å². The van der Waals surface area contributed by atoms with Crippen LogP contribution in [0.2, 0.25) is 0 Å². The summed E-state index contributed by atoms with van der Waals surface area (Å²) < 4.78 is 11.3. The van der Waals surface area contributed by atoms with Crippen molar-refractivity contribution in [1.82, 2.24) is 14.9 Å². The lowest BCUT2D eigenvalue weighted by Gasteiger charge is -2.17. The van der Waals surface area contributed by atoms with Gasteiger partial charge in [0.25, 0.3) is 11.5 Å². The minimum Gasteiger partial charge on any atom is -0.497 e. The molecule has 1 fully saturated rings. The van der Waals surface area contributed by atoms with Crippen LogP contribution in [-0.2, 0) is 21.5 Å². The molecule has 0 bridgehead atoms. The van der Waals surface area contributed by atoms with Gasteiger partial charge in [-0.05, 0) is 54.7 Å². The predicted octanol–water partition coefficient (Wildman–Crippen LogP) is 3.50. The standard InChI is InChI=1S/C28H27N3O6S/c1-16(18-7-9-19(10-8-18)28(11-12-28)26(34)37-3)31-25(33)21-14-22(38-24(21)30-27(31)35)23(32)29-15-17-5-4-6-20(13-17)36-2/h4-10,13-14,16H,11-12,15H2,1-3H3,(H,29,32)(H,30,35). The first-order chi connectivity index (χ1) is 18.3. The van der Waals surface area contributed by atoms with Crippen LogP contribution >= 0.6 is 11.3 Å². The van der Waals surface area contributed by atoms with E-state index in [2.05, 4.69) is 10.3 Å². The number of nitrogens with zero attached hydrogens (tertiary/aromatic N) is 1. The Labute approximate surface area is 222 Å². The number of aromatic nitrogens is 2. The molecule has 1 amide bonds. The molecule has 0 saturated heterocycles. The highest BCUT2D eigenvalue weighted by Crippen LogP contribution is 2.49. The lowest BCUT2D eigenvalue weighted by Crippen LogP contribution is -2.37. The first-order valence-corrected chi connectivity index (χ1v) is 13.0. The van der Waals surface area contributed by atoms with Gasteiger partial charge in [0, 0.05) is 6.54 Å². The zero-order chi connectivity index (χ0) is 27.0. The fourth-order valence-corrected chi connectivity index (χ4v) is 5.65. The van der Waals surface area contributed by atoms with E-state index in [1.807, 2.05) is 48.5 Å². The molecule has 196 valence electrons. The summed E-state index contributed by atoms with van der Waals surface area (Å²) in [6.45, 7) is 2.05. The van der Waals surface area contributed by atoms with Gasteiger partial charge in [-0.1, -0.05) is 36.4 Å². The first kappa shape index (κ1) is 25.5. The monoisotopic (exact) mass is 533 g/mol. The van der Waals surface area contributed by atoms with Gasteiger partial charge in [-0.25, -0.2) is 4.79 Å². The number of hydrogen-bond donors (Lipinski definition) is 2. The van der Waals surface area contributed by atoms with Gasteiger partial charge in [-0.15, -0.1) is 11.3 Å². The van der Waals surface area contributed by atoms with E-state index < -0.39 is 22.7 Å². The Bertz CT molecular complexity index is 1650. The Morgan fingerprint density at radius 2 is 1.84 bits per heavy atom. The van der Waals surface area contributed by atoms with Crippen LogP contribution in [0.15, 0.2) is 64.2 Å². The summed E-state index contributed by atoms with van der Waals surface area (Å²) >= 11 is 1.06. The van der Waals surface area contributed by atoms with Crippen LogP contribution in [0.3, 0.4) is 0 Å². The van der Waals surface area contributed by atoms with Crippen LogP contribution in [0.1, 0.15) is 52.2 Å². The number of methoxy groups -OCH3 is 2. The zero-order valence-corrected chi connectivity index (χ0v) is 22.0. The number of rotatable bonds is 8. The largest absolute Gasteiger partial charge is 0.497 e. The quantitative estimate of drug-likeness (QED) is 0.335. The number of amides is 1. The third kappa shape index (κ3) is 4.51. The molecule has 0 spiro atoms. The normalized spacial score (nSPS) is 14.6. The Hall–Kier alpha value is -4.18. The van der Waals surface area contributed by atoms with E-state index in [9.17, 15) is 19.2 Å². The molecule has 1 unspecified atom stereocenters. The SMILES string of the molecule is COC(=O)C1(c2ccc(C(C)n3c(=O)[nH]c4sc(C(=O)NCc5cccc(OC)c5)cc4c3=O)cc2)CC1. The number of aromatic amines is 1. The van der Waals surface area contributed by atoms with E-state index in [-0.39, 0.29) is 23.8 Å². The summed E-state index contributed by atoms with van der Waals surface area (Å²) in [6.07, 6.45) is 1.47. The summed E-state index contributed by atoms with van der Waals surface area (Å²) in [5.41, 5.74) is 0.847. The average molecular weight is 534 g/mol. The highest BCUT2D eigenvalue weighted by atomic mass is 32.1. The number of carbonyl (C=O) groups is 2. The molecule has 38 heavy (non-hydrogen) atoms. The third-order valence-electron chi connectivity index (χ3n) is 7.09. The molecule has 2 aromatic carbocycles. The van der Waals surface area contributed by atoms with Gasteiger partial charge in [-0.3, -0.25) is 23.9 Å². The molecule has 2 N–H and O–H groups in total. The molecule has 1 aliphatic carbocycles. The van der Waals surface area contributed by atoms with Gasteiger partial charge >= 0.3 is 11.7 Å². The van der Waals surface area contributed by atoms with Crippen molar-refractivity contribution in [3.8, 4) is 5.75 Å². The smallest absolute Gasteiger partial charge is 0.330 e. The zero-order valence-electron chi connectivity index (χ0n) is 21.2. The number of ether oxygens (including phenoxy) is 2. The van der Waals surface area contributed by atoms with Crippen LogP contribution in [0.5, 0.6) is 5.75 Å². The first-order valence-electron chi connectivity index (χ1n) is 12.2. The summed E-state index contributed by atoms with van der Waals surface area (Å²) in [4.78, 5) is 54.7. The third-order valence-corrected chi connectivity index (χ3v) is 8.14. The second-order valence-corrected chi connectivity index (χ2v) is 10.4. The topological polar surface area (TPSA) is 119 Å². The van der Waals surface area contributed by atoms with Gasteiger partial charge in [0.05, 0.1) is 35.9 Å². The fourth-order valence-electron chi connectivity index (χ4n) is 4.70. The molecule has 1 saturated carbocycles. The molecule has 0 aliphatic heterocycles. The Kier molecular flexibility index (Phi) is 6.66. The molecule has 10 heteroatoms. The molecule has 0 radical (unpaired) electrons.